The molecule has 0 aliphatic carbocycles. The molecule has 6 heteroatoms. The van der Waals surface area contributed by atoms with Crippen LogP contribution in [0.1, 0.15) is 31.0 Å². The molecular formula is C15H19ClN4O. The van der Waals surface area contributed by atoms with E-state index in [9.17, 15) is 4.79 Å². The number of unbranched alkanes of at least 4 members (excludes halogenated alkanes) is 1. The number of benzene rings is 1. The van der Waals surface area contributed by atoms with E-state index in [4.69, 9.17) is 11.6 Å². The van der Waals surface area contributed by atoms with Crippen LogP contribution in [0.25, 0.3) is 0 Å². The Balaban J connectivity index is 1.95. The van der Waals surface area contributed by atoms with E-state index in [0.29, 0.717) is 16.5 Å². The molecule has 3 N–H and O–H groups in total. The first-order valence-electron chi connectivity index (χ1n) is 6.97. The third kappa shape index (κ3) is 4.23. The molecule has 0 unspecified atom stereocenters. The Bertz CT molecular complexity index is 624. The highest BCUT2D eigenvalue weighted by Gasteiger charge is 2.09. The Morgan fingerprint density at radius 3 is 2.95 bits per heavy atom. The largest absolute Gasteiger partial charge is 0.324 e. The summed E-state index contributed by atoms with van der Waals surface area (Å²) in [7, 11) is 0. The number of carbonyl (C=O) groups is 1. The van der Waals surface area contributed by atoms with Gasteiger partial charge in [0.05, 0.1) is 10.7 Å². The number of nitrogens with zero attached hydrogens (tertiary/aromatic N) is 1. The molecule has 5 nitrogen and oxygen atoms in total. The SMILES string of the molecule is CCCCc1cc(NC(=O)Nc2cccc(C)c2Cl)n[nH]1. The summed E-state index contributed by atoms with van der Waals surface area (Å²) >= 11 is 6.14. The molecule has 0 spiro atoms. The van der Waals surface area contributed by atoms with Crippen molar-refractivity contribution in [3.63, 3.8) is 0 Å². The summed E-state index contributed by atoms with van der Waals surface area (Å²) in [6.45, 7) is 4.02. The van der Waals surface area contributed by atoms with Gasteiger partial charge in [-0.3, -0.25) is 10.4 Å². The molecule has 2 rings (SSSR count). The summed E-state index contributed by atoms with van der Waals surface area (Å²) in [5, 5.41) is 12.9. The van der Waals surface area contributed by atoms with Gasteiger partial charge < -0.3 is 5.32 Å². The minimum Gasteiger partial charge on any atom is -0.306 e. The van der Waals surface area contributed by atoms with Crippen LogP contribution >= 0.6 is 11.6 Å². The van der Waals surface area contributed by atoms with Gasteiger partial charge in [0.15, 0.2) is 5.82 Å². The van der Waals surface area contributed by atoms with Crippen molar-refractivity contribution in [3.05, 3.63) is 40.5 Å². The van der Waals surface area contributed by atoms with Crippen LogP contribution in [-0.2, 0) is 6.42 Å². The molecule has 0 saturated carbocycles. The van der Waals surface area contributed by atoms with Crippen LogP contribution in [0.4, 0.5) is 16.3 Å². The van der Waals surface area contributed by atoms with E-state index in [1.165, 1.54) is 0 Å². The maximum absolute atomic E-state index is 11.9. The van der Waals surface area contributed by atoms with Crippen molar-refractivity contribution >= 4 is 29.1 Å². The van der Waals surface area contributed by atoms with E-state index < -0.39 is 0 Å². The van der Waals surface area contributed by atoms with E-state index in [1.807, 2.05) is 25.1 Å². The number of carbonyl (C=O) groups excluding carboxylic acids is 1. The topological polar surface area (TPSA) is 69.8 Å². The van der Waals surface area contributed by atoms with E-state index >= 15 is 0 Å². The summed E-state index contributed by atoms with van der Waals surface area (Å²) in [5.74, 6) is 0.502. The molecular weight excluding hydrogens is 288 g/mol. The quantitative estimate of drug-likeness (QED) is 0.768. The second-order valence-electron chi connectivity index (χ2n) is 4.90. The lowest BCUT2D eigenvalue weighted by atomic mass is 10.2. The highest BCUT2D eigenvalue weighted by Crippen LogP contribution is 2.25. The molecule has 0 aliphatic heterocycles. The monoisotopic (exact) mass is 306 g/mol. The second-order valence-corrected chi connectivity index (χ2v) is 5.28. The molecule has 1 aromatic heterocycles. The number of amides is 2. The van der Waals surface area contributed by atoms with Gasteiger partial charge in [-0.1, -0.05) is 37.1 Å². The van der Waals surface area contributed by atoms with Gasteiger partial charge in [-0.2, -0.15) is 5.10 Å². The minimum absolute atomic E-state index is 0.365. The number of rotatable bonds is 5. The number of aromatic amines is 1. The van der Waals surface area contributed by atoms with Gasteiger partial charge >= 0.3 is 6.03 Å². The Morgan fingerprint density at radius 2 is 2.19 bits per heavy atom. The van der Waals surface area contributed by atoms with Gasteiger partial charge in [0.2, 0.25) is 0 Å². The average molecular weight is 307 g/mol. The normalized spacial score (nSPS) is 10.4. The Kier molecular flexibility index (Phi) is 5.22. The first-order valence-corrected chi connectivity index (χ1v) is 7.35. The van der Waals surface area contributed by atoms with Crippen LogP contribution in [-0.4, -0.2) is 16.2 Å². The maximum Gasteiger partial charge on any atom is 0.324 e. The zero-order chi connectivity index (χ0) is 15.2. The number of aromatic nitrogens is 2. The lowest BCUT2D eigenvalue weighted by Crippen LogP contribution is -2.19. The van der Waals surface area contributed by atoms with Crippen molar-refractivity contribution in [2.75, 3.05) is 10.6 Å². The number of urea groups is 1. The third-order valence-corrected chi connectivity index (χ3v) is 3.61. The number of H-pyrrole nitrogens is 1. The van der Waals surface area contributed by atoms with Crippen molar-refractivity contribution < 1.29 is 4.79 Å². The zero-order valence-electron chi connectivity index (χ0n) is 12.2. The molecule has 1 aromatic carbocycles. The zero-order valence-corrected chi connectivity index (χ0v) is 12.9. The molecule has 0 atom stereocenters. The molecule has 0 fully saturated rings. The fraction of sp³-hybridized carbons (Fsp3) is 0.333. The Labute approximate surface area is 129 Å². The first kappa shape index (κ1) is 15.4. The number of hydrogen-bond acceptors (Lipinski definition) is 2. The smallest absolute Gasteiger partial charge is 0.306 e. The summed E-state index contributed by atoms with van der Waals surface area (Å²) in [6.07, 6.45) is 3.14. The fourth-order valence-electron chi connectivity index (χ4n) is 1.93. The average Bonchev–Trinajstić information content (AvgIpc) is 2.89. The molecule has 0 bridgehead atoms. The van der Waals surface area contributed by atoms with Gasteiger partial charge in [0.25, 0.3) is 0 Å². The van der Waals surface area contributed by atoms with Crippen molar-refractivity contribution in [2.24, 2.45) is 0 Å². The van der Waals surface area contributed by atoms with Crippen LogP contribution in [0.5, 0.6) is 0 Å². The summed E-state index contributed by atoms with van der Waals surface area (Å²) < 4.78 is 0. The number of nitrogens with one attached hydrogen (secondary N) is 3. The van der Waals surface area contributed by atoms with Crippen molar-refractivity contribution in [3.8, 4) is 0 Å². The minimum atomic E-state index is -0.365. The third-order valence-electron chi connectivity index (χ3n) is 3.11. The van der Waals surface area contributed by atoms with Gasteiger partial charge in [0, 0.05) is 11.8 Å². The predicted octanol–water partition coefficient (Wildman–Crippen LogP) is 4.36. The standard InChI is InChI=1S/C15H19ClN4O/c1-3-4-7-11-9-13(20-19-11)18-15(21)17-12-8-5-6-10(2)14(12)16/h5-6,8-9H,3-4,7H2,1-2H3,(H3,17,18,19,20,21). The predicted molar refractivity (Wildman–Crippen MR) is 86.0 cm³/mol. The van der Waals surface area contributed by atoms with Gasteiger partial charge in [-0.05, 0) is 31.4 Å². The van der Waals surface area contributed by atoms with Crippen LogP contribution < -0.4 is 10.6 Å². The summed E-state index contributed by atoms with van der Waals surface area (Å²) in [5.41, 5.74) is 2.51. The van der Waals surface area contributed by atoms with E-state index in [2.05, 4.69) is 27.8 Å². The number of anilines is 2. The van der Waals surface area contributed by atoms with E-state index in [1.54, 1.807) is 6.07 Å². The Hall–Kier alpha value is -2.01. The molecule has 1 heterocycles. The Morgan fingerprint density at radius 1 is 1.38 bits per heavy atom. The van der Waals surface area contributed by atoms with E-state index in [-0.39, 0.29) is 6.03 Å². The number of aryl methyl sites for hydroxylation is 2. The number of hydrogen-bond donors (Lipinski definition) is 3. The molecule has 0 aliphatic rings. The molecule has 0 saturated heterocycles. The highest BCUT2D eigenvalue weighted by atomic mass is 35.5. The second kappa shape index (κ2) is 7.13. The van der Waals surface area contributed by atoms with Crippen molar-refractivity contribution in [1.82, 2.24) is 10.2 Å². The molecule has 2 amide bonds. The van der Waals surface area contributed by atoms with Crippen LogP contribution in [0.15, 0.2) is 24.3 Å². The van der Waals surface area contributed by atoms with Crippen molar-refractivity contribution in [1.29, 1.82) is 0 Å². The lowest BCUT2D eigenvalue weighted by molar-refractivity contribution is 0.262. The summed E-state index contributed by atoms with van der Waals surface area (Å²) in [6, 6.07) is 6.96. The van der Waals surface area contributed by atoms with Crippen LogP contribution in [0, 0.1) is 6.92 Å². The van der Waals surface area contributed by atoms with E-state index in [0.717, 1.165) is 30.5 Å². The fourth-order valence-corrected chi connectivity index (χ4v) is 2.11. The van der Waals surface area contributed by atoms with Crippen LogP contribution in [0.3, 0.4) is 0 Å². The molecule has 2 aromatic rings. The maximum atomic E-state index is 11.9. The summed E-state index contributed by atoms with van der Waals surface area (Å²) in [4.78, 5) is 11.9. The first-order chi connectivity index (χ1) is 10.1. The number of halogens is 1. The van der Waals surface area contributed by atoms with Gasteiger partial charge in [-0.15, -0.1) is 0 Å². The van der Waals surface area contributed by atoms with Crippen molar-refractivity contribution in [2.45, 2.75) is 33.1 Å². The highest BCUT2D eigenvalue weighted by molar-refractivity contribution is 6.34. The molecule has 0 radical (unpaired) electrons. The molecule has 112 valence electrons. The van der Waals surface area contributed by atoms with Crippen LogP contribution in [0.2, 0.25) is 5.02 Å². The van der Waals surface area contributed by atoms with Gasteiger partial charge in [0.1, 0.15) is 0 Å². The molecule has 21 heavy (non-hydrogen) atoms. The lowest BCUT2D eigenvalue weighted by Gasteiger charge is -2.08. The van der Waals surface area contributed by atoms with Gasteiger partial charge in [-0.25, -0.2) is 4.79 Å².